The highest BCUT2D eigenvalue weighted by Crippen LogP contribution is 2.08. The van der Waals surface area contributed by atoms with Gasteiger partial charge >= 0.3 is 0 Å². The minimum atomic E-state index is -3.20. The van der Waals surface area contributed by atoms with E-state index in [-0.39, 0.29) is 4.66 Å². The molecule has 6 heteroatoms. The summed E-state index contributed by atoms with van der Waals surface area (Å²) in [5.41, 5.74) is 2.21. The number of hydrogen-bond donors (Lipinski definition) is 1. The summed E-state index contributed by atoms with van der Waals surface area (Å²) in [6.07, 6.45) is 0. The zero-order valence-corrected chi connectivity index (χ0v) is 13.8. The van der Waals surface area contributed by atoms with E-state index in [1.165, 1.54) is 5.56 Å². The third kappa shape index (κ3) is 6.03. The van der Waals surface area contributed by atoms with Gasteiger partial charge in [0.05, 0.1) is 0 Å². The van der Waals surface area contributed by atoms with Crippen LogP contribution < -0.4 is 4.72 Å². The van der Waals surface area contributed by atoms with Gasteiger partial charge in [0.25, 0.3) is 0 Å². The molecule has 0 saturated carbocycles. The summed E-state index contributed by atoms with van der Waals surface area (Å²) < 4.78 is 25.0. The number of halogens is 1. The average Bonchev–Trinajstić information content (AvgIpc) is 2.44. The van der Waals surface area contributed by atoms with E-state index in [9.17, 15) is 8.42 Å². The molecule has 0 radical (unpaired) electrons. The van der Waals surface area contributed by atoms with E-state index in [1.54, 1.807) is 0 Å². The fourth-order valence-corrected chi connectivity index (χ4v) is 2.65. The molecule has 0 atom stereocenters. The fraction of sp³-hybridized carbons (Fsp3) is 0.538. The molecule has 19 heavy (non-hydrogen) atoms. The minimum Gasteiger partial charge on any atom is -0.300 e. The number of nitrogens with zero attached hydrogens (tertiary/aromatic N) is 1. The monoisotopic (exact) mass is 348 g/mol. The molecular weight excluding hydrogens is 328 g/mol. The zero-order valence-electron chi connectivity index (χ0n) is 11.4. The molecular formula is C13H21BrN2O2S. The van der Waals surface area contributed by atoms with Crippen LogP contribution in [-0.4, -0.2) is 31.1 Å². The molecule has 0 spiro atoms. The maximum absolute atomic E-state index is 11.3. The Morgan fingerprint density at radius 3 is 2.11 bits per heavy atom. The number of alkyl halides is 1. The van der Waals surface area contributed by atoms with Gasteiger partial charge in [0.1, 0.15) is 4.66 Å². The molecule has 1 aromatic carbocycles. The normalized spacial score (nSPS) is 12.0. The van der Waals surface area contributed by atoms with E-state index in [1.807, 2.05) is 12.1 Å². The molecule has 1 aromatic rings. The lowest BCUT2D eigenvalue weighted by Crippen LogP contribution is -2.24. The first-order valence-corrected chi connectivity index (χ1v) is 9.11. The van der Waals surface area contributed by atoms with Gasteiger partial charge < -0.3 is 0 Å². The van der Waals surface area contributed by atoms with Crippen molar-refractivity contribution in [1.29, 1.82) is 0 Å². The van der Waals surface area contributed by atoms with Crippen LogP contribution in [0.2, 0.25) is 0 Å². The quantitative estimate of drug-likeness (QED) is 0.733. The van der Waals surface area contributed by atoms with Gasteiger partial charge in [-0.25, -0.2) is 13.1 Å². The van der Waals surface area contributed by atoms with Crippen LogP contribution in [0.15, 0.2) is 24.3 Å². The second-order valence-electron chi connectivity index (χ2n) is 4.32. The topological polar surface area (TPSA) is 49.4 Å². The van der Waals surface area contributed by atoms with E-state index in [0.29, 0.717) is 6.54 Å². The maximum atomic E-state index is 11.3. The summed E-state index contributed by atoms with van der Waals surface area (Å²) >= 11 is 2.94. The average molecular weight is 349 g/mol. The first-order chi connectivity index (χ1) is 9.00. The van der Waals surface area contributed by atoms with Crippen LogP contribution >= 0.6 is 15.9 Å². The van der Waals surface area contributed by atoms with Gasteiger partial charge in [-0.1, -0.05) is 54.0 Å². The minimum absolute atomic E-state index is 0.0694. The van der Waals surface area contributed by atoms with Crippen LogP contribution in [0, 0.1) is 0 Å². The number of nitrogens with one attached hydrogen (secondary N) is 1. The first kappa shape index (κ1) is 16.6. The lowest BCUT2D eigenvalue weighted by molar-refractivity contribution is 0.296. The number of sulfonamides is 1. The van der Waals surface area contributed by atoms with Crippen LogP contribution in [0.4, 0.5) is 0 Å². The van der Waals surface area contributed by atoms with Crippen LogP contribution in [-0.2, 0) is 23.1 Å². The second-order valence-corrected chi connectivity index (χ2v) is 7.43. The molecule has 0 aliphatic heterocycles. The van der Waals surface area contributed by atoms with E-state index >= 15 is 0 Å². The van der Waals surface area contributed by atoms with Gasteiger partial charge in [-0.15, -0.1) is 0 Å². The molecule has 1 rings (SSSR count). The van der Waals surface area contributed by atoms with Gasteiger partial charge in [-0.2, -0.15) is 0 Å². The van der Waals surface area contributed by atoms with Crippen LogP contribution in [0.3, 0.4) is 0 Å². The summed E-state index contributed by atoms with van der Waals surface area (Å²) in [6.45, 7) is 7.62. The third-order valence-corrected chi connectivity index (χ3v) is 5.64. The Balaban J connectivity index is 2.57. The summed E-state index contributed by atoms with van der Waals surface area (Å²) in [5, 5.41) is 0. The van der Waals surface area contributed by atoms with Gasteiger partial charge in [-0.3, -0.25) is 4.90 Å². The largest absolute Gasteiger partial charge is 0.300 e. The molecule has 0 amide bonds. The van der Waals surface area contributed by atoms with Crippen molar-refractivity contribution >= 4 is 26.0 Å². The van der Waals surface area contributed by atoms with E-state index in [2.05, 4.69) is 51.5 Å². The first-order valence-electron chi connectivity index (χ1n) is 6.34. The van der Waals surface area contributed by atoms with Crippen molar-refractivity contribution < 1.29 is 8.42 Å². The molecule has 108 valence electrons. The van der Waals surface area contributed by atoms with Gasteiger partial charge in [0, 0.05) is 13.1 Å². The molecule has 4 nitrogen and oxygen atoms in total. The second kappa shape index (κ2) is 7.99. The third-order valence-electron chi connectivity index (χ3n) is 2.96. The SMILES string of the molecule is CCN(CC)Cc1ccc(CNS(=O)(=O)CBr)cc1. The van der Waals surface area contributed by atoms with E-state index in [0.717, 1.165) is 25.2 Å². The highest BCUT2D eigenvalue weighted by Gasteiger charge is 2.07. The summed E-state index contributed by atoms with van der Waals surface area (Å²) in [5.74, 6) is 0. The van der Waals surface area contributed by atoms with Crippen molar-refractivity contribution in [3.63, 3.8) is 0 Å². The molecule has 0 fully saturated rings. The van der Waals surface area contributed by atoms with Crippen molar-refractivity contribution in [2.24, 2.45) is 0 Å². The fourth-order valence-electron chi connectivity index (χ4n) is 1.70. The molecule has 0 bridgehead atoms. The summed E-state index contributed by atoms with van der Waals surface area (Å²) in [4.78, 5) is 2.34. The van der Waals surface area contributed by atoms with Crippen LogP contribution in [0.1, 0.15) is 25.0 Å². The Morgan fingerprint density at radius 2 is 1.63 bits per heavy atom. The van der Waals surface area contributed by atoms with Gasteiger partial charge in [0.2, 0.25) is 10.0 Å². The standard InChI is InChI=1S/C13H21BrN2O2S/c1-3-16(4-2)10-13-7-5-12(6-8-13)9-15-19(17,18)11-14/h5-8,15H,3-4,9-11H2,1-2H3. The van der Waals surface area contributed by atoms with Crippen LogP contribution in [0.25, 0.3) is 0 Å². The number of benzene rings is 1. The smallest absolute Gasteiger partial charge is 0.221 e. The van der Waals surface area contributed by atoms with E-state index < -0.39 is 10.0 Å². The zero-order chi connectivity index (χ0) is 14.3. The lowest BCUT2D eigenvalue weighted by atomic mass is 10.1. The molecule has 0 unspecified atom stereocenters. The molecule has 0 aromatic heterocycles. The Kier molecular flexibility index (Phi) is 6.99. The molecule has 0 aliphatic rings. The molecule has 0 aliphatic carbocycles. The Morgan fingerprint density at radius 1 is 1.11 bits per heavy atom. The highest BCUT2D eigenvalue weighted by atomic mass is 79.9. The Bertz CT molecular complexity index is 470. The van der Waals surface area contributed by atoms with Crippen molar-refractivity contribution in [1.82, 2.24) is 9.62 Å². The Labute approximate surface area is 124 Å². The van der Waals surface area contributed by atoms with Crippen molar-refractivity contribution in [2.45, 2.75) is 26.9 Å². The number of rotatable bonds is 8. The predicted molar refractivity (Wildman–Crippen MR) is 82.6 cm³/mol. The predicted octanol–water partition coefficient (Wildman–Crippen LogP) is 2.30. The van der Waals surface area contributed by atoms with Gasteiger partial charge in [0.15, 0.2) is 0 Å². The van der Waals surface area contributed by atoms with Crippen molar-refractivity contribution in [3.8, 4) is 0 Å². The molecule has 1 N–H and O–H groups in total. The van der Waals surface area contributed by atoms with Gasteiger partial charge in [-0.05, 0) is 24.2 Å². The Hall–Kier alpha value is -0.430. The summed E-state index contributed by atoms with van der Waals surface area (Å²) in [7, 11) is -3.20. The lowest BCUT2D eigenvalue weighted by Gasteiger charge is -2.18. The van der Waals surface area contributed by atoms with Crippen molar-refractivity contribution in [3.05, 3.63) is 35.4 Å². The number of hydrogen-bond acceptors (Lipinski definition) is 3. The summed E-state index contributed by atoms with van der Waals surface area (Å²) in [6, 6.07) is 8.04. The van der Waals surface area contributed by atoms with E-state index in [4.69, 9.17) is 0 Å². The van der Waals surface area contributed by atoms with Crippen molar-refractivity contribution in [2.75, 3.05) is 17.8 Å². The molecule has 0 saturated heterocycles. The molecule has 0 heterocycles. The highest BCUT2D eigenvalue weighted by molar-refractivity contribution is 9.10. The maximum Gasteiger partial charge on any atom is 0.221 e. The van der Waals surface area contributed by atoms with Crippen LogP contribution in [0.5, 0.6) is 0 Å².